The molecule has 1 aromatic heterocycles. The van der Waals surface area contributed by atoms with Crippen LogP contribution >= 0.6 is 11.3 Å². The second kappa shape index (κ2) is 3.51. The molecule has 1 heterocycles. The Labute approximate surface area is 73.3 Å². The van der Waals surface area contributed by atoms with Gasteiger partial charge in [0.15, 0.2) is 5.69 Å². The van der Waals surface area contributed by atoms with Gasteiger partial charge < -0.3 is 16.2 Å². The van der Waals surface area contributed by atoms with Crippen LogP contribution in [0.5, 0.6) is 0 Å². The Morgan fingerprint density at radius 2 is 2.42 bits per heavy atom. The fourth-order valence-corrected chi connectivity index (χ4v) is 1.41. The SMILES string of the molecule is COC(=O)c1nc(CN)sc1N. The van der Waals surface area contributed by atoms with E-state index in [-0.39, 0.29) is 12.2 Å². The fourth-order valence-electron chi connectivity index (χ4n) is 0.708. The number of ether oxygens (including phenoxy) is 1. The van der Waals surface area contributed by atoms with Crippen LogP contribution in [0.4, 0.5) is 5.00 Å². The number of aromatic nitrogens is 1. The number of anilines is 1. The summed E-state index contributed by atoms with van der Waals surface area (Å²) in [6.07, 6.45) is 0. The van der Waals surface area contributed by atoms with Crippen LogP contribution in [-0.2, 0) is 11.3 Å². The topological polar surface area (TPSA) is 91.2 Å². The molecule has 0 atom stereocenters. The van der Waals surface area contributed by atoms with Crippen molar-refractivity contribution in [3.05, 3.63) is 10.7 Å². The van der Waals surface area contributed by atoms with Gasteiger partial charge in [0.1, 0.15) is 10.0 Å². The van der Waals surface area contributed by atoms with Gasteiger partial charge in [-0.05, 0) is 0 Å². The number of nitrogens with zero attached hydrogens (tertiary/aromatic N) is 1. The fraction of sp³-hybridized carbons (Fsp3) is 0.333. The largest absolute Gasteiger partial charge is 0.464 e. The molecule has 0 bridgehead atoms. The van der Waals surface area contributed by atoms with Crippen molar-refractivity contribution >= 4 is 22.3 Å². The lowest BCUT2D eigenvalue weighted by Gasteiger charge is -1.93. The van der Waals surface area contributed by atoms with Crippen LogP contribution < -0.4 is 11.5 Å². The summed E-state index contributed by atoms with van der Waals surface area (Å²) in [4.78, 5) is 14.9. The third-order valence-electron chi connectivity index (χ3n) is 1.25. The van der Waals surface area contributed by atoms with Crippen LogP contribution in [0, 0.1) is 0 Å². The Balaban J connectivity index is 2.99. The average Bonchev–Trinajstić information content (AvgIpc) is 2.45. The molecule has 0 spiro atoms. The molecule has 0 aliphatic heterocycles. The van der Waals surface area contributed by atoms with Crippen LogP contribution in [0.2, 0.25) is 0 Å². The Bertz CT molecular complexity index is 297. The molecule has 5 nitrogen and oxygen atoms in total. The van der Waals surface area contributed by atoms with Crippen LogP contribution in [-0.4, -0.2) is 18.1 Å². The summed E-state index contributed by atoms with van der Waals surface area (Å²) in [5.74, 6) is -0.525. The van der Waals surface area contributed by atoms with E-state index >= 15 is 0 Å². The molecular formula is C6H9N3O2S. The van der Waals surface area contributed by atoms with Gasteiger partial charge in [-0.3, -0.25) is 0 Å². The van der Waals surface area contributed by atoms with Gasteiger partial charge in [-0.2, -0.15) is 0 Å². The zero-order chi connectivity index (χ0) is 9.14. The van der Waals surface area contributed by atoms with Crippen LogP contribution in [0.3, 0.4) is 0 Å². The lowest BCUT2D eigenvalue weighted by Crippen LogP contribution is -2.05. The van der Waals surface area contributed by atoms with Gasteiger partial charge in [0.25, 0.3) is 0 Å². The molecule has 1 aromatic rings. The first-order chi connectivity index (χ1) is 5.69. The summed E-state index contributed by atoms with van der Waals surface area (Å²) >= 11 is 1.20. The van der Waals surface area contributed by atoms with E-state index in [2.05, 4.69) is 9.72 Å². The molecule has 6 heteroatoms. The van der Waals surface area contributed by atoms with Gasteiger partial charge >= 0.3 is 5.97 Å². The molecule has 1 rings (SSSR count). The third kappa shape index (κ3) is 1.54. The molecule has 0 saturated carbocycles. The minimum atomic E-state index is -0.525. The number of carbonyl (C=O) groups is 1. The summed E-state index contributed by atoms with van der Waals surface area (Å²) in [6, 6.07) is 0. The maximum Gasteiger partial charge on any atom is 0.359 e. The van der Waals surface area contributed by atoms with Crippen LogP contribution in [0.25, 0.3) is 0 Å². The van der Waals surface area contributed by atoms with E-state index in [0.29, 0.717) is 10.0 Å². The number of nitrogens with two attached hydrogens (primary N) is 2. The van der Waals surface area contributed by atoms with Gasteiger partial charge in [-0.1, -0.05) is 11.3 Å². The number of hydrogen-bond acceptors (Lipinski definition) is 6. The quantitative estimate of drug-likeness (QED) is 0.634. The molecule has 4 N–H and O–H groups in total. The van der Waals surface area contributed by atoms with E-state index < -0.39 is 5.97 Å². The summed E-state index contributed by atoms with van der Waals surface area (Å²) in [7, 11) is 1.28. The monoisotopic (exact) mass is 187 g/mol. The number of carbonyl (C=O) groups excluding carboxylic acids is 1. The van der Waals surface area contributed by atoms with Crippen molar-refractivity contribution in [2.75, 3.05) is 12.8 Å². The molecular weight excluding hydrogens is 178 g/mol. The lowest BCUT2D eigenvalue weighted by molar-refractivity contribution is 0.0596. The summed E-state index contributed by atoms with van der Waals surface area (Å²) in [5, 5.41) is 0.982. The van der Waals surface area contributed by atoms with E-state index in [9.17, 15) is 4.79 Å². The minimum absolute atomic E-state index is 0.156. The molecule has 0 aromatic carbocycles. The van der Waals surface area contributed by atoms with E-state index in [1.165, 1.54) is 18.4 Å². The Hall–Kier alpha value is -1.14. The molecule has 0 saturated heterocycles. The van der Waals surface area contributed by atoms with E-state index in [0.717, 1.165) is 0 Å². The van der Waals surface area contributed by atoms with Crippen LogP contribution in [0.1, 0.15) is 15.5 Å². The second-order valence-electron chi connectivity index (χ2n) is 2.02. The zero-order valence-electron chi connectivity index (χ0n) is 6.53. The number of hydrogen-bond donors (Lipinski definition) is 2. The smallest absolute Gasteiger partial charge is 0.359 e. The normalized spacial score (nSPS) is 9.83. The first kappa shape index (κ1) is 8.95. The molecule has 66 valence electrons. The number of thiazole rings is 1. The second-order valence-corrected chi connectivity index (χ2v) is 3.13. The standard InChI is InChI=1S/C6H9N3O2S/c1-11-6(10)4-5(8)12-3(2-7)9-4/h2,7-8H2,1H3. The van der Waals surface area contributed by atoms with Gasteiger partial charge in [0.05, 0.1) is 7.11 Å². The molecule has 0 radical (unpaired) electrons. The van der Waals surface area contributed by atoms with Gasteiger partial charge in [-0.25, -0.2) is 9.78 Å². The first-order valence-electron chi connectivity index (χ1n) is 3.22. The van der Waals surface area contributed by atoms with Crippen LogP contribution in [0.15, 0.2) is 0 Å². The number of methoxy groups -OCH3 is 1. The highest BCUT2D eigenvalue weighted by atomic mass is 32.1. The van der Waals surface area contributed by atoms with Gasteiger partial charge in [0.2, 0.25) is 0 Å². The first-order valence-corrected chi connectivity index (χ1v) is 4.04. The molecule has 0 aliphatic carbocycles. The maximum atomic E-state index is 11.0. The predicted molar refractivity (Wildman–Crippen MR) is 45.8 cm³/mol. The van der Waals surface area contributed by atoms with Gasteiger partial charge in [-0.15, -0.1) is 0 Å². The summed E-state index contributed by atoms with van der Waals surface area (Å²) in [6.45, 7) is 0.284. The van der Waals surface area contributed by atoms with E-state index in [1.54, 1.807) is 0 Å². The van der Waals surface area contributed by atoms with Crippen molar-refractivity contribution in [3.8, 4) is 0 Å². The Morgan fingerprint density at radius 1 is 1.75 bits per heavy atom. The highest BCUT2D eigenvalue weighted by Gasteiger charge is 2.15. The summed E-state index contributed by atoms with van der Waals surface area (Å²) < 4.78 is 4.46. The molecule has 0 fully saturated rings. The average molecular weight is 187 g/mol. The highest BCUT2D eigenvalue weighted by Crippen LogP contribution is 2.20. The molecule has 0 unspecified atom stereocenters. The van der Waals surface area contributed by atoms with Gasteiger partial charge in [0, 0.05) is 6.54 Å². The van der Waals surface area contributed by atoms with Crippen molar-refractivity contribution in [1.82, 2.24) is 4.98 Å². The van der Waals surface area contributed by atoms with Crippen molar-refractivity contribution < 1.29 is 9.53 Å². The van der Waals surface area contributed by atoms with Crippen molar-refractivity contribution in [2.45, 2.75) is 6.54 Å². The minimum Gasteiger partial charge on any atom is -0.464 e. The predicted octanol–water partition coefficient (Wildman–Crippen LogP) is -0.0294. The Kier molecular flexibility index (Phi) is 2.61. The van der Waals surface area contributed by atoms with Crippen molar-refractivity contribution in [3.63, 3.8) is 0 Å². The molecule has 0 amide bonds. The lowest BCUT2D eigenvalue weighted by atomic mass is 10.5. The number of esters is 1. The zero-order valence-corrected chi connectivity index (χ0v) is 7.35. The number of nitrogen functional groups attached to an aromatic ring is 1. The Morgan fingerprint density at radius 3 is 2.83 bits per heavy atom. The molecule has 0 aliphatic rings. The highest BCUT2D eigenvalue weighted by molar-refractivity contribution is 7.15. The van der Waals surface area contributed by atoms with Crippen molar-refractivity contribution in [2.24, 2.45) is 5.73 Å². The van der Waals surface area contributed by atoms with E-state index in [4.69, 9.17) is 11.5 Å². The van der Waals surface area contributed by atoms with Crippen molar-refractivity contribution in [1.29, 1.82) is 0 Å². The third-order valence-corrected chi connectivity index (χ3v) is 2.16. The summed E-state index contributed by atoms with van der Waals surface area (Å²) in [5.41, 5.74) is 11.0. The van der Waals surface area contributed by atoms with E-state index in [1.807, 2.05) is 0 Å². The molecule has 12 heavy (non-hydrogen) atoms. The number of rotatable bonds is 2. The maximum absolute atomic E-state index is 11.0.